The van der Waals surface area contributed by atoms with Crippen molar-refractivity contribution in [2.24, 2.45) is 0 Å². The molecule has 1 fully saturated rings. The lowest BCUT2D eigenvalue weighted by molar-refractivity contribution is -0.384. The third-order valence-electron chi connectivity index (χ3n) is 5.53. The van der Waals surface area contributed by atoms with Crippen molar-refractivity contribution < 1.29 is 19.2 Å². The van der Waals surface area contributed by atoms with Gasteiger partial charge in [0.15, 0.2) is 11.5 Å². The zero-order valence-corrected chi connectivity index (χ0v) is 15.6. The number of ether oxygens (including phenoxy) is 2. The van der Waals surface area contributed by atoms with Crippen molar-refractivity contribution >= 4 is 28.2 Å². The first kappa shape index (κ1) is 17.5. The van der Waals surface area contributed by atoms with E-state index < -0.39 is 10.7 Å². The van der Waals surface area contributed by atoms with Crippen molar-refractivity contribution in [3.8, 4) is 11.5 Å². The molecule has 2 aromatic carbocycles. The van der Waals surface area contributed by atoms with Crippen molar-refractivity contribution in [2.75, 3.05) is 5.32 Å². The number of hydrogen-bond donors (Lipinski definition) is 2. The molecular weight excluding hydrogens is 374 g/mol. The van der Waals surface area contributed by atoms with E-state index in [1.54, 1.807) is 30.5 Å². The average molecular weight is 393 g/mol. The van der Waals surface area contributed by atoms with Crippen LogP contribution in [0.2, 0.25) is 0 Å². The molecule has 1 amide bonds. The van der Waals surface area contributed by atoms with Crippen molar-refractivity contribution in [3.63, 3.8) is 0 Å². The minimum atomic E-state index is -0.570. The van der Waals surface area contributed by atoms with Gasteiger partial charge in [-0.3, -0.25) is 14.9 Å². The first-order chi connectivity index (χ1) is 14.0. The number of nitro groups is 1. The average Bonchev–Trinajstić information content (AvgIpc) is 3.28. The lowest BCUT2D eigenvalue weighted by Gasteiger charge is -2.31. The molecule has 2 N–H and O–H groups in total. The molecule has 5 rings (SSSR count). The number of carbonyl (C=O) groups is 1. The Balaban J connectivity index is 1.39. The van der Waals surface area contributed by atoms with E-state index in [1.807, 2.05) is 0 Å². The quantitative estimate of drug-likeness (QED) is 0.493. The molecule has 1 aliphatic heterocycles. The molecule has 1 aromatic heterocycles. The molecule has 8 heteroatoms. The summed E-state index contributed by atoms with van der Waals surface area (Å²) in [5, 5.41) is 14.4. The number of aromatic nitrogens is 1. The molecule has 1 aliphatic carbocycles. The van der Waals surface area contributed by atoms with Gasteiger partial charge >= 0.3 is 0 Å². The number of non-ortho nitro benzene ring substituents is 1. The highest BCUT2D eigenvalue weighted by molar-refractivity contribution is 6.13. The molecule has 29 heavy (non-hydrogen) atoms. The van der Waals surface area contributed by atoms with Crippen LogP contribution >= 0.6 is 0 Å². The van der Waals surface area contributed by atoms with Gasteiger partial charge in [0.1, 0.15) is 0 Å². The second-order valence-corrected chi connectivity index (χ2v) is 7.48. The first-order valence-corrected chi connectivity index (χ1v) is 9.62. The standard InChI is InChI=1S/C21H19N3O5/c25-20(16-12-22-17-6-5-14(24(26)27)11-15(16)17)23-13-4-7-18-19(10-13)29-21(28-18)8-2-1-3-9-21/h4-7,10-12,22H,1-3,8-9H2,(H,23,25). The molecule has 0 saturated heterocycles. The van der Waals surface area contributed by atoms with Gasteiger partial charge in [-0.1, -0.05) is 6.42 Å². The SMILES string of the molecule is O=C(Nc1ccc2c(c1)OC1(CCCCC1)O2)c1c[nH]c2ccc([N+](=O)[O-])cc12. The number of amides is 1. The van der Waals surface area contributed by atoms with Gasteiger partial charge in [0.05, 0.1) is 10.5 Å². The van der Waals surface area contributed by atoms with E-state index >= 15 is 0 Å². The van der Waals surface area contributed by atoms with Crippen LogP contribution in [0.4, 0.5) is 11.4 Å². The number of aromatic amines is 1. The third-order valence-corrected chi connectivity index (χ3v) is 5.53. The summed E-state index contributed by atoms with van der Waals surface area (Å²) in [5.41, 5.74) is 1.51. The van der Waals surface area contributed by atoms with Crippen LogP contribution in [0, 0.1) is 10.1 Å². The number of fused-ring (bicyclic) bond motifs is 2. The summed E-state index contributed by atoms with van der Waals surface area (Å²) in [6.07, 6.45) is 6.60. The van der Waals surface area contributed by atoms with Crippen LogP contribution in [-0.4, -0.2) is 21.6 Å². The van der Waals surface area contributed by atoms with Gasteiger partial charge in [0, 0.05) is 53.8 Å². The predicted octanol–water partition coefficient (Wildman–Crippen LogP) is 4.76. The van der Waals surface area contributed by atoms with Gasteiger partial charge in [-0.2, -0.15) is 0 Å². The number of carbonyl (C=O) groups excluding carboxylic acids is 1. The van der Waals surface area contributed by atoms with Crippen LogP contribution in [0.15, 0.2) is 42.6 Å². The van der Waals surface area contributed by atoms with E-state index in [-0.39, 0.29) is 11.6 Å². The molecule has 0 radical (unpaired) electrons. The molecule has 0 bridgehead atoms. The molecule has 148 valence electrons. The Morgan fingerprint density at radius 2 is 1.86 bits per heavy atom. The van der Waals surface area contributed by atoms with Crippen LogP contribution < -0.4 is 14.8 Å². The highest BCUT2D eigenvalue weighted by atomic mass is 16.7. The fourth-order valence-corrected chi connectivity index (χ4v) is 4.07. The molecule has 2 heterocycles. The summed E-state index contributed by atoms with van der Waals surface area (Å²) in [7, 11) is 0. The zero-order chi connectivity index (χ0) is 20.0. The second-order valence-electron chi connectivity index (χ2n) is 7.48. The van der Waals surface area contributed by atoms with Gasteiger partial charge in [-0.15, -0.1) is 0 Å². The molecule has 2 aliphatic rings. The lowest BCUT2D eigenvalue weighted by atomic mass is 9.94. The Hall–Kier alpha value is -3.55. The van der Waals surface area contributed by atoms with Gasteiger partial charge in [-0.05, 0) is 31.0 Å². The summed E-state index contributed by atoms with van der Waals surface area (Å²) in [4.78, 5) is 26.3. The summed E-state index contributed by atoms with van der Waals surface area (Å²) < 4.78 is 12.2. The fraction of sp³-hybridized carbons (Fsp3) is 0.286. The minimum Gasteiger partial charge on any atom is -0.448 e. The number of H-pyrrole nitrogens is 1. The van der Waals surface area contributed by atoms with Gasteiger partial charge in [-0.25, -0.2) is 0 Å². The van der Waals surface area contributed by atoms with Crippen molar-refractivity contribution in [1.29, 1.82) is 0 Å². The predicted molar refractivity (Wildman–Crippen MR) is 106 cm³/mol. The van der Waals surface area contributed by atoms with Crippen LogP contribution in [0.3, 0.4) is 0 Å². The van der Waals surface area contributed by atoms with E-state index in [1.165, 1.54) is 18.6 Å². The minimum absolute atomic E-state index is 0.0630. The van der Waals surface area contributed by atoms with Gasteiger partial charge < -0.3 is 19.8 Å². The van der Waals surface area contributed by atoms with E-state index in [0.717, 1.165) is 25.7 Å². The summed E-state index contributed by atoms with van der Waals surface area (Å²) in [6, 6.07) is 9.71. The Labute approximate surface area is 166 Å². The Bertz CT molecular complexity index is 1130. The summed E-state index contributed by atoms with van der Waals surface area (Å²) >= 11 is 0. The Kier molecular flexibility index (Phi) is 3.94. The zero-order valence-electron chi connectivity index (χ0n) is 15.6. The normalized spacial score (nSPS) is 16.8. The van der Waals surface area contributed by atoms with Crippen LogP contribution in [0.5, 0.6) is 11.5 Å². The van der Waals surface area contributed by atoms with Crippen LogP contribution in [0.25, 0.3) is 10.9 Å². The molecule has 1 saturated carbocycles. The monoisotopic (exact) mass is 393 g/mol. The number of benzene rings is 2. The molecule has 8 nitrogen and oxygen atoms in total. The van der Waals surface area contributed by atoms with E-state index in [2.05, 4.69) is 10.3 Å². The Morgan fingerprint density at radius 3 is 2.66 bits per heavy atom. The van der Waals surface area contributed by atoms with Crippen molar-refractivity contribution in [2.45, 2.75) is 37.9 Å². The topological polar surface area (TPSA) is 106 Å². The summed E-state index contributed by atoms with van der Waals surface area (Å²) in [6.45, 7) is 0. The molecule has 0 atom stereocenters. The first-order valence-electron chi connectivity index (χ1n) is 9.62. The number of hydrogen-bond acceptors (Lipinski definition) is 5. The van der Waals surface area contributed by atoms with Crippen LogP contribution in [-0.2, 0) is 0 Å². The van der Waals surface area contributed by atoms with E-state index in [9.17, 15) is 14.9 Å². The molecule has 3 aromatic rings. The number of rotatable bonds is 3. The van der Waals surface area contributed by atoms with Crippen molar-refractivity contribution in [3.05, 3.63) is 58.3 Å². The highest BCUT2D eigenvalue weighted by Crippen LogP contribution is 2.46. The number of anilines is 1. The number of nitrogens with one attached hydrogen (secondary N) is 2. The molecule has 1 spiro atoms. The van der Waals surface area contributed by atoms with Gasteiger partial charge in [0.25, 0.3) is 17.4 Å². The van der Waals surface area contributed by atoms with Crippen LogP contribution in [0.1, 0.15) is 42.5 Å². The lowest BCUT2D eigenvalue weighted by Crippen LogP contribution is -2.40. The highest BCUT2D eigenvalue weighted by Gasteiger charge is 2.42. The third kappa shape index (κ3) is 3.06. The molecule has 0 unspecified atom stereocenters. The number of nitrogens with zero attached hydrogens (tertiary/aromatic N) is 1. The maximum absolute atomic E-state index is 12.8. The fourth-order valence-electron chi connectivity index (χ4n) is 4.07. The van der Waals surface area contributed by atoms with E-state index in [0.29, 0.717) is 33.7 Å². The van der Waals surface area contributed by atoms with E-state index in [4.69, 9.17) is 9.47 Å². The molecular formula is C21H19N3O5. The largest absolute Gasteiger partial charge is 0.448 e. The maximum Gasteiger partial charge on any atom is 0.270 e. The smallest absolute Gasteiger partial charge is 0.270 e. The van der Waals surface area contributed by atoms with Crippen molar-refractivity contribution in [1.82, 2.24) is 4.98 Å². The second kappa shape index (κ2) is 6.51. The number of nitro benzene ring substituents is 1. The maximum atomic E-state index is 12.8. The van der Waals surface area contributed by atoms with Gasteiger partial charge in [0.2, 0.25) is 0 Å². The Morgan fingerprint density at radius 1 is 1.07 bits per heavy atom. The summed E-state index contributed by atoms with van der Waals surface area (Å²) in [5.74, 6) is 0.383.